The van der Waals surface area contributed by atoms with E-state index < -0.39 is 0 Å². The fourth-order valence-corrected chi connectivity index (χ4v) is 3.41. The maximum Gasteiger partial charge on any atom is 0.161 e. The van der Waals surface area contributed by atoms with Crippen molar-refractivity contribution in [2.24, 2.45) is 0 Å². The van der Waals surface area contributed by atoms with Gasteiger partial charge < -0.3 is 19.9 Å². The van der Waals surface area contributed by atoms with Crippen molar-refractivity contribution in [3.63, 3.8) is 0 Å². The summed E-state index contributed by atoms with van der Waals surface area (Å²) in [5.74, 6) is 1.08. The van der Waals surface area contributed by atoms with Crippen LogP contribution in [0.4, 0.5) is 5.69 Å². The molecule has 0 aliphatic rings. The predicted molar refractivity (Wildman–Crippen MR) is 119 cm³/mol. The Kier molecular flexibility index (Phi) is 7.25. The number of anilines is 1. The molecule has 0 aliphatic carbocycles. The molecule has 0 atom stereocenters. The van der Waals surface area contributed by atoms with Crippen LogP contribution in [0.1, 0.15) is 11.1 Å². The highest BCUT2D eigenvalue weighted by molar-refractivity contribution is 6.42. The lowest BCUT2D eigenvalue weighted by atomic mass is 10.2. The van der Waals surface area contributed by atoms with Gasteiger partial charge in [0.1, 0.15) is 6.61 Å². The molecular formula is C21H17Cl4NO3. The lowest BCUT2D eigenvalue weighted by molar-refractivity contribution is 0.284. The standard InChI is InChI=1S/C21H17Cl4NO3/c1-28-20-7-12(10-26-14-8-17(24)21(27)18(25)9-14)3-5-19(20)29-11-13-2-4-15(22)16(23)6-13/h2-9,26-27H,10-11H2,1H3. The van der Waals surface area contributed by atoms with Crippen LogP contribution in [0.2, 0.25) is 20.1 Å². The summed E-state index contributed by atoms with van der Waals surface area (Å²) in [6.45, 7) is 0.830. The minimum absolute atomic E-state index is 0.135. The number of rotatable bonds is 7. The highest BCUT2D eigenvalue weighted by Gasteiger charge is 2.09. The first-order valence-electron chi connectivity index (χ1n) is 8.53. The van der Waals surface area contributed by atoms with E-state index in [0.29, 0.717) is 40.4 Å². The minimum atomic E-state index is -0.135. The maximum atomic E-state index is 9.64. The van der Waals surface area contributed by atoms with Crippen molar-refractivity contribution >= 4 is 52.1 Å². The van der Waals surface area contributed by atoms with Gasteiger partial charge >= 0.3 is 0 Å². The van der Waals surface area contributed by atoms with Gasteiger partial charge in [-0.1, -0.05) is 58.5 Å². The number of methoxy groups -OCH3 is 1. The summed E-state index contributed by atoms with van der Waals surface area (Å²) in [5, 5.41) is 14.2. The fraction of sp³-hybridized carbons (Fsp3) is 0.143. The second kappa shape index (κ2) is 9.68. The van der Waals surface area contributed by atoms with Gasteiger partial charge in [-0.3, -0.25) is 0 Å². The molecule has 0 unspecified atom stereocenters. The topological polar surface area (TPSA) is 50.7 Å². The molecule has 0 radical (unpaired) electrons. The molecule has 4 nitrogen and oxygen atoms in total. The zero-order valence-electron chi connectivity index (χ0n) is 15.3. The molecule has 3 rings (SSSR count). The summed E-state index contributed by atoms with van der Waals surface area (Å²) in [7, 11) is 1.58. The lowest BCUT2D eigenvalue weighted by Gasteiger charge is -2.14. The molecule has 0 saturated heterocycles. The summed E-state index contributed by atoms with van der Waals surface area (Å²) in [6.07, 6.45) is 0. The van der Waals surface area contributed by atoms with E-state index in [-0.39, 0.29) is 15.8 Å². The van der Waals surface area contributed by atoms with E-state index in [1.54, 1.807) is 31.4 Å². The summed E-state index contributed by atoms with van der Waals surface area (Å²) in [6, 6.07) is 14.2. The molecular weight excluding hydrogens is 456 g/mol. The summed E-state index contributed by atoms with van der Waals surface area (Å²) < 4.78 is 11.3. The summed E-state index contributed by atoms with van der Waals surface area (Å²) >= 11 is 23.9. The summed E-state index contributed by atoms with van der Waals surface area (Å²) in [4.78, 5) is 0. The molecule has 0 saturated carbocycles. The number of halogens is 4. The number of nitrogens with one attached hydrogen (secondary N) is 1. The van der Waals surface area contributed by atoms with Gasteiger partial charge in [0.15, 0.2) is 17.2 Å². The van der Waals surface area contributed by atoms with Crippen LogP contribution in [0.3, 0.4) is 0 Å². The van der Waals surface area contributed by atoms with Gasteiger partial charge in [0.25, 0.3) is 0 Å². The smallest absolute Gasteiger partial charge is 0.161 e. The van der Waals surface area contributed by atoms with E-state index in [9.17, 15) is 5.11 Å². The molecule has 0 spiro atoms. The Bertz CT molecular complexity index is 1000. The first-order valence-corrected chi connectivity index (χ1v) is 10.0. The molecule has 0 heterocycles. The number of benzene rings is 3. The number of phenols is 1. The maximum absolute atomic E-state index is 9.64. The van der Waals surface area contributed by atoms with Gasteiger partial charge in [-0.05, 0) is 47.5 Å². The number of ether oxygens (including phenoxy) is 2. The highest BCUT2D eigenvalue weighted by atomic mass is 35.5. The van der Waals surface area contributed by atoms with E-state index in [1.165, 1.54) is 0 Å². The van der Waals surface area contributed by atoms with Crippen molar-refractivity contribution in [2.45, 2.75) is 13.2 Å². The number of hydrogen-bond acceptors (Lipinski definition) is 4. The fourth-order valence-electron chi connectivity index (χ4n) is 2.60. The monoisotopic (exact) mass is 471 g/mol. The first kappa shape index (κ1) is 21.7. The Balaban J connectivity index is 1.67. The SMILES string of the molecule is COc1cc(CNc2cc(Cl)c(O)c(Cl)c2)ccc1OCc1ccc(Cl)c(Cl)c1. The molecule has 0 aromatic heterocycles. The van der Waals surface area contributed by atoms with E-state index in [1.807, 2.05) is 24.3 Å². The van der Waals surface area contributed by atoms with Gasteiger partial charge in [-0.15, -0.1) is 0 Å². The Labute approximate surface area is 188 Å². The third-order valence-electron chi connectivity index (χ3n) is 4.12. The second-order valence-corrected chi connectivity index (χ2v) is 7.79. The van der Waals surface area contributed by atoms with Crippen molar-refractivity contribution in [2.75, 3.05) is 12.4 Å². The predicted octanol–water partition coefficient (Wildman–Crippen LogP) is 7.21. The zero-order valence-corrected chi connectivity index (χ0v) is 18.3. The summed E-state index contributed by atoms with van der Waals surface area (Å²) in [5.41, 5.74) is 2.55. The van der Waals surface area contributed by atoms with Gasteiger partial charge in [0, 0.05) is 12.2 Å². The van der Waals surface area contributed by atoms with Crippen molar-refractivity contribution in [3.05, 3.63) is 79.7 Å². The lowest BCUT2D eigenvalue weighted by Crippen LogP contribution is -2.02. The van der Waals surface area contributed by atoms with Gasteiger partial charge in [0.2, 0.25) is 0 Å². The Morgan fingerprint density at radius 1 is 0.793 bits per heavy atom. The zero-order chi connectivity index (χ0) is 21.0. The molecule has 3 aromatic carbocycles. The van der Waals surface area contributed by atoms with Crippen LogP contribution in [-0.4, -0.2) is 12.2 Å². The average molecular weight is 473 g/mol. The van der Waals surface area contributed by atoms with Crippen molar-refractivity contribution in [3.8, 4) is 17.2 Å². The van der Waals surface area contributed by atoms with E-state index in [2.05, 4.69) is 5.32 Å². The first-order chi connectivity index (χ1) is 13.9. The molecule has 152 valence electrons. The van der Waals surface area contributed by atoms with Crippen LogP contribution in [-0.2, 0) is 13.2 Å². The average Bonchev–Trinajstić information content (AvgIpc) is 2.71. The molecule has 0 fully saturated rings. The van der Waals surface area contributed by atoms with E-state index in [0.717, 1.165) is 11.1 Å². The molecule has 0 amide bonds. The normalized spacial score (nSPS) is 10.7. The molecule has 3 aromatic rings. The number of hydrogen-bond donors (Lipinski definition) is 2. The number of aromatic hydroxyl groups is 1. The molecule has 2 N–H and O–H groups in total. The van der Waals surface area contributed by atoms with Crippen LogP contribution in [0.15, 0.2) is 48.5 Å². The molecule has 0 aliphatic heterocycles. The van der Waals surface area contributed by atoms with Gasteiger partial charge in [0.05, 0.1) is 27.2 Å². The van der Waals surface area contributed by atoms with E-state index >= 15 is 0 Å². The highest BCUT2D eigenvalue weighted by Crippen LogP contribution is 2.35. The molecule has 29 heavy (non-hydrogen) atoms. The third-order valence-corrected chi connectivity index (χ3v) is 5.44. The minimum Gasteiger partial charge on any atom is -0.505 e. The van der Waals surface area contributed by atoms with Crippen LogP contribution in [0, 0.1) is 0 Å². The Morgan fingerprint density at radius 3 is 2.14 bits per heavy atom. The van der Waals surface area contributed by atoms with Crippen molar-refractivity contribution in [1.29, 1.82) is 0 Å². The Morgan fingerprint density at radius 2 is 1.48 bits per heavy atom. The molecule has 0 bridgehead atoms. The van der Waals surface area contributed by atoms with E-state index in [4.69, 9.17) is 55.9 Å². The molecule has 8 heteroatoms. The Hall–Kier alpha value is -1.98. The van der Waals surface area contributed by atoms with Crippen molar-refractivity contribution in [1.82, 2.24) is 0 Å². The third kappa shape index (κ3) is 5.55. The largest absolute Gasteiger partial charge is 0.505 e. The van der Waals surface area contributed by atoms with Crippen LogP contribution in [0.5, 0.6) is 17.2 Å². The number of phenolic OH excluding ortho intramolecular Hbond substituents is 1. The van der Waals surface area contributed by atoms with Crippen LogP contribution < -0.4 is 14.8 Å². The van der Waals surface area contributed by atoms with Gasteiger partial charge in [-0.25, -0.2) is 0 Å². The second-order valence-electron chi connectivity index (χ2n) is 6.16. The van der Waals surface area contributed by atoms with Crippen molar-refractivity contribution < 1.29 is 14.6 Å². The van der Waals surface area contributed by atoms with Gasteiger partial charge in [-0.2, -0.15) is 0 Å². The quantitative estimate of drug-likeness (QED) is 0.357. The van der Waals surface area contributed by atoms with Crippen LogP contribution in [0.25, 0.3) is 0 Å². The van der Waals surface area contributed by atoms with Crippen LogP contribution >= 0.6 is 46.4 Å².